The van der Waals surface area contributed by atoms with Crippen LogP contribution in [0.15, 0.2) is 0 Å². The smallest absolute Gasteiger partial charge is 0.0653 e. The zero-order chi connectivity index (χ0) is 7.98. The van der Waals surface area contributed by atoms with Crippen molar-refractivity contribution in [2.24, 2.45) is 0 Å². The maximum Gasteiger partial charge on any atom is 0.0653 e. The minimum atomic E-state index is 0.520. The molecule has 0 aromatic heterocycles. The van der Waals surface area contributed by atoms with Crippen molar-refractivity contribution in [3.8, 4) is 0 Å². The van der Waals surface area contributed by atoms with Crippen molar-refractivity contribution >= 4 is 0 Å². The molecule has 0 aliphatic rings. The molecule has 0 aliphatic heterocycles. The number of hydroxylamine groups is 1. The van der Waals surface area contributed by atoms with Gasteiger partial charge in [0.2, 0.25) is 0 Å². The van der Waals surface area contributed by atoms with Crippen LogP contribution in [0.3, 0.4) is 0 Å². The predicted molar refractivity (Wildman–Crippen MR) is 42.8 cm³/mol. The molecule has 0 radical (unpaired) electrons. The third-order valence-electron chi connectivity index (χ3n) is 1.51. The Morgan fingerprint density at radius 1 is 1.50 bits per heavy atom. The molecular weight excluding hydrogens is 128 g/mol. The molecule has 0 aliphatic carbocycles. The van der Waals surface area contributed by atoms with Gasteiger partial charge in [0.15, 0.2) is 0 Å². The summed E-state index contributed by atoms with van der Waals surface area (Å²) in [7, 11) is 4.11. The molecule has 0 fully saturated rings. The van der Waals surface area contributed by atoms with Crippen molar-refractivity contribution in [1.29, 1.82) is 0 Å². The highest BCUT2D eigenvalue weighted by atomic mass is 16.6. The Balaban J connectivity index is 3.13. The van der Waals surface area contributed by atoms with Crippen LogP contribution in [0.5, 0.6) is 0 Å². The van der Waals surface area contributed by atoms with Crippen molar-refractivity contribution in [1.82, 2.24) is 10.4 Å². The Morgan fingerprint density at radius 3 is 2.50 bits per heavy atom. The van der Waals surface area contributed by atoms with E-state index < -0.39 is 0 Å². The first-order valence-electron chi connectivity index (χ1n) is 3.69. The van der Waals surface area contributed by atoms with Crippen molar-refractivity contribution in [2.75, 3.05) is 27.2 Å². The zero-order valence-corrected chi connectivity index (χ0v) is 7.35. The van der Waals surface area contributed by atoms with Crippen molar-refractivity contribution in [2.45, 2.75) is 19.9 Å². The summed E-state index contributed by atoms with van der Waals surface area (Å²) in [6.45, 7) is 5.71. The predicted octanol–water partition coefficient (Wildman–Crippen LogP) is 0.478. The Morgan fingerprint density at radius 2 is 2.10 bits per heavy atom. The molecular formula is C7H18N2O. The largest absolute Gasteiger partial charge is 0.305 e. The molecule has 3 heteroatoms. The number of nitrogens with zero attached hydrogens (tertiary/aromatic N) is 1. The van der Waals surface area contributed by atoms with Crippen LogP contribution < -0.4 is 5.48 Å². The lowest BCUT2D eigenvalue weighted by Gasteiger charge is -2.19. The SMILES string of the molecule is CCONCC(C)N(C)C. The van der Waals surface area contributed by atoms with Gasteiger partial charge in [0.25, 0.3) is 0 Å². The molecule has 3 nitrogen and oxygen atoms in total. The minimum Gasteiger partial charge on any atom is -0.305 e. The maximum absolute atomic E-state index is 4.98. The molecule has 1 N–H and O–H groups in total. The minimum absolute atomic E-state index is 0.520. The summed E-state index contributed by atoms with van der Waals surface area (Å²) < 4.78 is 0. The highest BCUT2D eigenvalue weighted by Crippen LogP contribution is 1.87. The monoisotopic (exact) mass is 146 g/mol. The molecule has 0 saturated carbocycles. The Bertz CT molecular complexity index is 76.0. The third-order valence-corrected chi connectivity index (χ3v) is 1.51. The average molecular weight is 146 g/mol. The van der Waals surface area contributed by atoms with E-state index >= 15 is 0 Å². The summed E-state index contributed by atoms with van der Waals surface area (Å²) >= 11 is 0. The first-order chi connectivity index (χ1) is 4.68. The number of likely N-dealkylation sites (N-methyl/N-ethyl adjacent to an activating group) is 1. The third kappa shape index (κ3) is 4.73. The van der Waals surface area contributed by atoms with E-state index in [-0.39, 0.29) is 0 Å². The van der Waals surface area contributed by atoms with Gasteiger partial charge in [-0.1, -0.05) is 0 Å². The van der Waals surface area contributed by atoms with Gasteiger partial charge in [-0.25, -0.2) is 5.48 Å². The molecule has 0 rings (SSSR count). The molecule has 10 heavy (non-hydrogen) atoms. The van der Waals surface area contributed by atoms with Crippen LogP contribution in [-0.4, -0.2) is 38.2 Å². The second-order valence-electron chi connectivity index (χ2n) is 2.59. The molecule has 0 spiro atoms. The Kier molecular flexibility index (Phi) is 5.58. The highest BCUT2D eigenvalue weighted by Gasteiger charge is 2.01. The fraction of sp³-hybridized carbons (Fsp3) is 1.00. The second-order valence-corrected chi connectivity index (χ2v) is 2.59. The van der Waals surface area contributed by atoms with Gasteiger partial charge >= 0.3 is 0 Å². The van der Waals surface area contributed by atoms with Gasteiger partial charge in [0.05, 0.1) is 6.61 Å². The quantitative estimate of drug-likeness (QED) is 0.451. The summed E-state index contributed by atoms with van der Waals surface area (Å²) in [5, 5.41) is 0. The fourth-order valence-corrected chi connectivity index (χ4v) is 0.464. The lowest BCUT2D eigenvalue weighted by molar-refractivity contribution is 0.0386. The van der Waals surface area contributed by atoms with E-state index in [1.807, 2.05) is 6.92 Å². The van der Waals surface area contributed by atoms with E-state index in [1.165, 1.54) is 0 Å². The number of rotatable bonds is 5. The zero-order valence-electron chi connectivity index (χ0n) is 7.35. The van der Waals surface area contributed by atoms with E-state index in [4.69, 9.17) is 4.84 Å². The Labute approximate surface area is 63.3 Å². The first-order valence-corrected chi connectivity index (χ1v) is 3.69. The van der Waals surface area contributed by atoms with Gasteiger partial charge < -0.3 is 9.74 Å². The van der Waals surface area contributed by atoms with Crippen LogP contribution >= 0.6 is 0 Å². The van der Waals surface area contributed by atoms with Crippen LogP contribution in [0.4, 0.5) is 0 Å². The first kappa shape index (κ1) is 9.88. The van der Waals surface area contributed by atoms with Crippen LogP contribution in [0.25, 0.3) is 0 Å². The number of hydrogen-bond acceptors (Lipinski definition) is 3. The van der Waals surface area contributed by atoms with Crippen molar-refractivity contribution < 1.29 is 4.84 Å². The molecule has 62 valence electrons. The summed E-state index contributed by atoms with van der Waals surface area (Å²) in [6.07, 6.45) is 0. The second kappa shape index (κ2) is 5.65. The van der Waals surface area contributed by atoms with E-state index in [0.717, 1.165) is 13.2 Å². The van der Waals surface area contributed by atoms with E-state index in [2.05, 4.69) is 31.4 Å². The van der Waals surface area contributed by atoms with E-state index in [0.29, 0.717) is 6.04 Å². The van der Waals surface area contributed by atoms with Crippen molar-refractivity contribution in [3.63, 3.8) is 0 Å². The van der Waals surface area contributed by atoms with Gasteiger partial charge in [0.1, 0.15) is 0 Å². The van der Waals surface area contributed by atoms with Gasteiger partial charge in [-0.15, -0.1) is 0 Å². The van der Waals surface area contributed by atoms with E-state index in [9.17, 15) is 0 Å². The lowest BCUT2D eigenvalue weighted by Crippen LogP contribution is -2.35. The van der Waals surface area contributed by atoms with Crippen LogP contribution in [0.2, 0.25) is 0 Å². The molecule has 1 unspecified atom stereocenters. The molecule has 0 aromatic carbocycles. The summed E-state index contributed by atoms with van der Waals surface area (Å²) in [5.74, 6) is 0. The van der Waals surface area contributed by atoms with Gasteiger partial charge in [0, 0.05) is 12.6 Å². The summed E-state index contributed by atoms with van der Waals surface area (Å²) in [5.41, 5.74) is 2.87. The molecule has 0 bridgehead atoms. The normalized spacial score (nSPS) is 14.1. The van der Waals surface area contributed by atoms with Gasteiger partial charge in [-0.2, -0.15) is 0 Å². The maximum atomic E-state index is 4.98. The number of hydrogen-bond donors (Lipinski definition) is 1. The molecule has 0 aromatic rings. The van der Waals surface area contributed by atoms with Gasteiger partial charge in [-0.3, -0.25) is 0 Å². The fourth-order valence-electron chi connectivity index (χ4n) is 0.464. The van der Waals surface area contributed by atoms with Crippen LogP contribution in [0.1, 0.15) is 13.8 Å². The number of nitrogens with one attached hydrogen (secondary N) is 1. The Hall–Kier alpha value is -0.120. The molecule has 0 saturated heterocycles. The molecule has 0 amide bonds. The van der Waals surface area contributed by atoms with Crippen LogP contribution in [-0.2, 0) is 4.84 Å². The van der Waals surface area contributed by atoms with Crippen LogP contribution in [0, 0.1) is 0 Å². The van der Waals surface area contributed by atoms with E-state index in [1.54, 1.807) is 0 Å². The standard InChI is InChI=1S/C7H18N2O/c1-5-10-8-6-7(2)9(3)4/h7-8H,5-6H2,1-4H3. The summed E-state index contributed by atoms with van der Waals surface area (Å²) in [6, 6.07) is 0.520. The molecule has 0 heterocycles. The summed E-state index contributed by atoms with van der Waals surface area (Å²) in [4.78, 5) is 7.12. The topological polar surface area (TPSA) is 24.5 Å². The lowest BCUT2D eigenvalue weighted by atomic mass is 10.3. The highest BCUT2D eigenvalue weighted by molar-refractivity contribution is 4.58. The molecule has 1 atom stereocenters. The van der Waals surface area contributed by atoms with Gasteiger partial charge in [-0.05, 0) is 27.9 Å². The van der Waals surface area contributed by atoms with Crippen molar-refractivity contribution in [3.05, 3.63) is 0 Å². The average Bonchev–Trinajstić information content (AvgIpc) is 1.88.